The Bertz CT molecular complexity index is 1530. The van der Waals surface area contributed by atoms with Crippen LogP contribution in [0, 0.1) is 0 Å². The van der Waals surface area contributed by atoms with Crippen LogP contribution in [0.15, 0.2) is 70.6 Å². The molecule has 1 N–H and O–H groups in total. The van der Waals surface area contributed by atoms with Gasteiger partial charge in [0.05, 0.1) is 18.5 Å². The fourth-order valence-corrected chi connectivity index (χ4v) is 6.43. The lowest BCUT2D eigenvalue weighted by Gasteiger charge is -2.35. The van der Waals surface area contributed by atoms with Gasteiger partial charge in [0.25, 0.3) is 15.9 Å². The maximum absolute atomic E-state index is 13.3. The number of piperazine rings is 1. The predicted molar refractivity (Wildman–Crippen MR) is 162 cm³/mol. The van der Waals surface area contributed by atoms with Crippen molar-refractivity contribution in [2.75, 3.05) is 38.0 Å². The molecule has 0 spiro atoms. The summed E-state index contributed by atoms with van der Waals surface area (Å²) in [5.74, 6) is 0.0685. The Labute approximate surface area is 244 Å². The molecule has 40 heavy (non-hydrogen) atoms. The Morgan fingerprint density at radius 3 is 2.40 bits per heavy atom. The van der Waals surface area contributed by atoms with Crippen LogP contribution in [0.3, 0.4) is 0 Å². The highest BCUT2D eigenvalue weighted by Gasteiger charge is 2.25. The zero-order chi connectivity index (χ0) is 28.9. The Hall–Kier alpha value is -3.37. The summed E-state index contributed by atoms with van der Waals surface area (Å²) >= 11 is 12.2. The lowest BCUT2D eigenvalue weighted by molar-refractivity contribution is 0.0628. The number of carbonyl (C=O) groups excluding carboxylic acids is 1. The molecular formula is C29H30Cl2N4O4S. The Morgan fingerprint density at radius 1 is 1.07 bits per heavy atom. The number of halogens is 2. The topological polar surface area (TPSA) is 91.3 Å². The largest absolute Gasteiger partial charge is 0.495 e. The van der Waals surface area contributed by atoms with Crippen molar-refractivity contribution in [2.24, 2.45) is 4.99 Å². The van der Waals surface area contributed by atoms with E-state index in [9.17, 15) is 13.2 Å². The SMILES string of the molecule is C=Nc1c(/C=C\C)cccc1S(=O)(=O)Nc1ccc(C(=O)N2CCN(Cc3cc(Cl)cc(Cl)c3)CC2)cc1OC. The minimum Gasteiger partial charge on any atom is -0.495 e. The number of hydrogen-bond donors (Lipinski definition) is 1. The van der Waals surface area contributed by atoms with E-state index in [4.69, 9.17) is 27.9 Å². The zero-order valence-electron chi connectivity index (χ0n) is 22.2. The number of sulfonamides is 1. The van der Waals surface area contributed by atoms with Crippen LogP contribution in [0.4, 0.5) is 11.4 Å². The van der Waals surface area contributed by atoms with Crippen molar-refractivity contribution in [3.63, 3.8) is 0 Å². The van der Waals surface area contributed by atoms with E-state index in [1.807, 2.05) is 19.1 Å². The average molecular weight is 602 g/mol. The van der Waals surface area contributed by atoms with Crippen LogP contribution in [-0.4, -0.2) is 64.1 Å². The number of carbonyl (C=O) groups is 1. The van der Waals surface area contributed by atoms with Gasteiger partial charge in [-0.2, -0.15) is 0 Å². The number of amides is 1. The number of aliphatic imine (C=N–C) groups is 1. The number of nitrogens with one attached hydrogen (secondary N) is 1. The summed E-state index contributed by atoms with van der Waals surface area (Å²) < 4.78 is 34.6. The summed E-state index contributed by atoms with van der Waals surface area (Å²) in [6, 6.07) is 15.0. The van der Waals surface area contributed by atoms with Crippen molar-refractivity contribution in [2.45, 2.75) is 18.4 Å². The molecule has 1 aliphatic heterocycles. The first-order valence-electron chi connectivity index (χ1n) is 12.5. The molecule has 11 heteroatoms. The van der Waals surface area contributed by atoms with Crippen LogP contribution in [0.25, 0.3) is 6.08 Å². The highest BCUT2D eigenvalue weighted by atomic mass is 35.5. The number of nitrogens with zero attached hydrogens (tertiary/aromatic N) is 3. The van der Waals surface area contributed by atoms with Crippen LogP contribution in [0.1, 0.15) is 28.4 Å². The normalized spacial score (nSPS) is 14.3. The molecule has 0 aliphatic carbocycles. The van der Waals surface area contributed by atoms with Gasteiger partial charge in [0.2, 0.25) is 0 Å². The minimum atomic E-state index is -4.04. The van der Waals surface area contributed by atoms with Gasteiger partial charge in [-0.3, -0.25) is 19.4 Å². The predicted octanol–water partition coefficient (Wildman–Crippen LogP) is 6.13. The summed E-state index contributed by atoms with van der Waals surface area (Å²) in [5.41, 5.74) is 2.50. The van der Waals surface area contributed by atoms with Crippen LogP contribution < -0.4 is 9.46 Å². The Kier molecular flexibility index (Phi) is 9.52. The van der Waals surface area contributed by atoms with Crippen molar-refractivity contribution in [1.29, 1.82) is 0 Å². The summed E-state index contributed by atoms with van der Waals surface area (Å²) in [6.45, 7) is 8.53. The third kappa shape index (κ3) is 6.85. The first-order valence-corrected chi connectivity index (χ1v) is 14.8. The second-order valence-corrected chi connectivity index (χ2v) is 11.7. The molecule has 0 unspecified atom stereocenters. The van der Waals surface area contributed by atoms with Crippen LogP contribution in [0.2, 0.25) is 10.0 Å². The molecule has 0 aromatic heterocycles. The van der Waals surface area contributed by atoms with E-state index >= 15 is 0 Å². The second kappa shape index (κ2) is 12.9. The lowest BCUT2D eigenvalue weighted by Crippen LogP contribution is -2.48. The van der Waals surface area contributed by atoms with Gasteiger partial charge in [0.1, 0.15) is 10.6 Å². The van der Waals surface area contributed by atoms with Gasteiger partial charge in [0.15, 0.2) is 0 Å². The second-order valence-electron chi connectivity index (χ2n) is 9.22. The van der Waals surface area contributed by atoms with E-state index < -0.39 is 10.0 Å². The van der Waals surface area contributed by atoms with Crippen molar-refractivity contribution in [3.8, 4) is 5.75 Å². The monoisotopic (exact) mass is 600 g/mol. The molecule has 1 aliphatic rings. The highest BCUT2D eigenvalue weighted by molar-refractivity contribution is 7.92. The molecule has 1 amide bonds. The molecule has 0 saturated carbocycles. The molecule has 0 bridgehead atoms. The first kappa shape index (κ1) is 29.6. The number of para-hydroxylation sites is 1. The van der Waals surface area contributed by atoms with Crippen LogP contribution in [-0.2, 0) is 16.6 Å². The zero-order valence-corrected chi connectivity index (χ0v) is 24.6. The summed E-state index contributed by atoms with van der Waals surface area (Å²) in [4.78, 5) is 21.2. The third-order valence-electron chi connectivity index (χ3n) is 6.50. The van der Waals surface area contributed by atoms with Crippen LogP contribution in [0.5, 0.6) is 5.75 Å². The molecule has 3 aromatic carbocycles. The van der Waals surface area contributed by atoms with Gasteiger partial charge < -0.3 is 9.64 Å². The Morgan fingerprint density at radius 2 is 1.77 bits per heavy atom. The van der Waals surface area contributed by atoms with E-state index in [1.54, 1.807) is 47.4 Å². The van der Waals surface area contributed by atoms with Gasteiger partial charge >= 0.3 is 0 Å². The molecule has 3 aromatic rings. The molecule has 1 fully saturated rings. The summed E-state index contributed by atoms with van der Waals surface area (Å²) in [6.07, 6.45) is 3.55. The van der Waals surface area contributed by atoms with Gasteiger partial charge in [-0.25, -0.2) is 8.42 Å². The maximum Gasteiger partial charge on any atom is 0.264 e. The highest BCUT2D eigenvalue weighted by Crippen LogP contribution is 2.33. The van der Waals surface area contributed by atoms with Crippen molar-refractivity contribution < 1.29 is 17.9 Å². The molecule has 0 radical (unpaired) electrons. The van der Waals surface area contributed by atoms with E-state index in [2.05, 4.69) is 21.3 Å². The molecule has 1 saturated heterocycles. The third-order valence-corrected chi connectivity index (χ3v) is 8.34. The molecule has 0 atom stereocenters. The summed E-state index contributed by atoms with van der Waals surface area (Å²) in [7, 11) is -2.61. The smallest absolute Gasteiger partial charge is 0.264 e. The van der Waals surface area contributed by atoms with E-state index in [1.165, 1.54) is 19.2 Å². The summed E-state index contributed by atoms with van der Waals surface area (Å²) in [5, 5.41) is 1.19. The van der Waals surface area contributed by atoms with Gasteiger partial charge in [0, 0.05) is 53.9 Å². The number of rotatable bonds is 9. The quantitative estimate of drug-likeness (QED) is 0.298. The molecule has 210 valence electrons. The number of allylic oxidation sites excluding steroid dienone is 1. The molecule has 8 nitrogen and oxygen atoms in total. The van der Waals surface area contributed by atoms with Crippen molar-refractivity contribution in [1.82, 2.24) is 9.80 Å². The van der Waals surface area contributed by atoms with Gasteiger partial charge in [-0.1, -0.05) is 47.5 Å². The lowest BCUT2D eigenvalue weighted by atomic mass is 10.1. The minimum absolute atomic E-state index is 0.0155. The molecular weight excluding hydrogens is 571 g/mol. The Balaban J connectivity index is 1.46. The average Bonchev–Trinajstić information content (AvgIpc) is 2.92. The van der Waals surface area contributed by atoms with E-state index in [-0.39, 0.29) is 27.9 Å². The number of anilines is 1. The van der Waals surface area contributed by atoms with Crippen molar-refractivity contribution >= 4 is 63.3 Å². The fourth-order valence-electron chi connectivity index (χ4n) is 4.60. The molecule has 1 heterocycles. The van der Waals surface area contributed by atoms with E-state index in [0.717, 1.165) is 5.56 Å². The van der Waals surface area contributed by atoms with Gasteiger partial charge in [-0.15, -0.1) is 0 Å². The van der Waals surface area contributed by atoms with E-state index in [0.29, 0.717) is 53.9 Å². The maximum atomic E-state index is 13.3. The first-order chi connectivity index (χ1) is 19.1. The standard InChI is InChI=1S/C29H30Cl2N4O4S/c1-4-6-21-7-5-8-27(28(21)32-2)40(37,38)33-25-10-9-22(17-26(25)39-3)29(36)35-13-11-34(12-14-35)19-20-15-23(30)18-24(31)16-20/h4-10,15-18,33H,2,11-14,19H2,1,3H3/b6-4-. The number of ether oxygens (including phenoxy) is 1. The number of benzene rings is 3. The van der Waals surface area contributed by atoms with Gasteiger partial charge in [-0.05, 0) is 61.7 Å². The number of methoxy groups -OCH3 is 1. The van der Waals surface area contributed by atoms with Crippen molar-refractivity contribution in [3.05, 3.63) is 87.4 Å². The fraction of sp³-hybridized carbons (Fsp3) is 0.241. The molecule has 4 rings (SSSR count). The van der Waals surface area contributed by atoms with Crippen LogP contribution >= 0.6 is 23.2 Å². The number of hydrogen-bond acceptors (Lipinski definition) is 6.